The number of amides is 1. The summed E-state index contributed by atoms with van der Waals surface area (Å²) >= 11 is 1.41. The number of para-hydroxylation sites is 1. The third kappa shape index (κ3) is 4.21. The number of nitrogens with zero attached hydrogens (tertiary/aromatic N) is 2. The van der Waals surface area contributed by atoms with E-state index in [1.807, 2.05) is 42.0 Å². The van der Waals surface area contributed by atoms with Crippen LogP contribution in [0.2, 0.25) is 0 Å². The van der Waals surface area contributed by atoms with Crippen LogP contribution >= 0.6 is 11.8 Å². The van der Waals surface area contributed by atoms with Gasteiger partial charge in [0.1, 0.15) is 0 Å². The number of aryl methyl sites for hydroxylation is 1. The zero-order chi connectivity index (χ0) is 18.5. The highest BCUT2D eigenvalue weighted by Crippen LogP contribution is 2.23. The second kappa shape index (κ2) is 8.01. The monoisotopic (exact) mass is 365 g/mol. The van der Waals surface area contributed by atoms with Crippen molar-refractivity contribution in [1.82, 2.24) is 9.55 Å². The highest BCUT2D eigenvalue weighted by atomic mass is 32.2. The summed E-state index contributed by atoms with van der Waals surface area (Å²) in [5.41, 5.74) is 3.49. The van der Waals surface area contributed by atoms with Gasteiger partial charge in [-0.15, -0.1) is 0 Å². The third-order valence-corrected chi connectivity index (χ3v) is 4.81. The van der Waals surface area contributed by atoms with E-state index in [1.165, 1.54) is 18.7 Å². The van der Waals surface area contributed by atoms with Gasteiger partial charge in [0.15, 0.2) is 10.9 Å². The fraction of sp³-hybridized carbons (Fsp3) is 0.150. The Kier molecular flexibility index (Phi) is 5.53. The van der Waals surface area contributed by atoms with Crippen LogP contribution in [0.15, 0.2) is 66.1 Å². The summed E-state index contributed by atoms with van der Waals surface area (Å²) < 4.78 is 1.99. The standard InChI is InChI=1S/C20H19N3O2S/c1-14-5-3-4-6-18(14)23-12-11-21-20(23)26-13-19(25)16-7-9-17(10-8-16)22-15(2)24/h3-12H,13H2,1-2H3,(H,22,24). The van der Waals surface area contributed by atoms with Crippen molar-refractivity contribution in [2.75, 3.05) is 11.1 Å². The van der Waals surface area contributed by atoms with Gasteiger partial charge in [0.05, 0.1) is 11.4 Å². The Balaban J connectivity index is 1.68. The first-order valence-electron chi connectivity index (χ1n) is 8.17. The number of nitrogens with one attached hydrogen (secondary N) is 1. The van der Waals surface area contributed by atoms with Crippen molar-refractivity contribution in [3.8, 4) is 5.69 Å². The first-order valence-corrected chi connectivity index (χ1v) is 9.16. The maximum Gasteiger partial charge on any atom is 0.221 e. The van der Waals surface area contributed by atoms with Crippen molar-refractivity contribution in [3.63, 3.8) is 0 Å². The summed E-state index contributed by atoms with van der Waals surface area (Å²) in [6, 6.07) is 15.0. The van der Waals surface area contributed by atoms with Gasteiger partial charge in [-0.25, -0.2) is 4.98 Å². The lowest BCUT2D eigenvalue weighted by atomic mass is 10.1. The van der Waals surface area contributed by atoms with Crippen LogP contribution in [-0.4, -0.2) is 27.0 Å². The molecule has 132 valence electrons. The van der Waals surface area contributed by atoms with E-state index in [2.05, 4.69) is 10.3 Å². The number of benzene rings is 2. The zero-order valence-electron chi connectivity index (χ0n) is 14.6. The second-order valence-corrected chi connectivity index (χ2v) is 6.78. The molecule has 26 heavy (non-hydrogen) atoms. The predicted molar refractivity (Wildman–Crippen MR) is 104 cm³/mol. The van der Waals surface area contributed by atoms with Crippen molar-refractivity contribution in [1.29, 1.82) is 0 Å². The van der Waals surface area contributed by atoms with Crippen molar-refractivity contribution in [2.45, 2.75) is 19.0 Å². The molecule has 0 spiro atoms. The number of rotatable bonds is 6. The van der Waals surface area contributed by atoms with E-state index in [1.54, 1.807) is 30.5 Å². The van der Waals surface area contributed by atoms with E-state index in [9.17, 15) is 9.59 Å². The van der Waals surface area contributed by atoms with Crippen LogP contribution in [0.4, 0.5) is 5.69 Å². The van der Waals surface area contributed by atoms with Crippen LogP contribution < -0.4 is 5.32 Å². The maximum atomic E-state index is 12.4. The van der Waals surface area contributed by atoms with E-state index in [4.69, 9.17) is 0 Å². The zero-order valence-corrected chi connectivity index (χ0v) is 15.4. The van der Waals surface area contributed by atoms with Crippen LogP contribution in [0.1, 0.15) is 22.8 Å². The molecule has 1 aromatic heterocycles. The van der Waals surface area contributed by atoms with Crippen LogP contribution in [0.3, 0.4) is 0 Å². The molecule has 0 saturated heterocycles. The van der Waals surface area contributed by atoms with Gasteiger partial charge in [0, 0.05) is 30.6 Å². The highest BCUT2D eigenvalue weighted by molar-refractivity contribution is 7.99. The SMILES string of the molecule is CC(=O)Nc1ccc(C(=O)CSc2nccn2-c2ccccc2C)cc1. The maximum absolute atomic E-state index is 12.4. The molecule has 5 nitrogen and oxygen atoms in total. The molecule has 1 N–H and O–H groups in total. The smallest absolute Gasteiger partial charge is 0.221 e. The summed E-state index contributed by atoms with van der Waals surface area (Å²) in [5.74, 6) is 0.175. The Bertz CT molecular complexity index is 932. The van der Waals surface area contributed by atoms with E-state index >= 15 is 0 Å². The highest BCUT2D eigenvalue weighted by Gasteiger charge is 2.12. The van der Waals surface area contributed by atoms with Crippen molar-refractivity contribution in [2.24, 2.45) is 0 Å². The summed E-state index contributed by atoms with van der Waals surface area (Å²) in [5, 5.41) is 3.47. The minimum absolute atomic E-state index is 0.0173. The number of anilines is 1. The molecule has 6 heteroatoms. The van der Waals surface area contributed by atoms with Crippen molar-refractivity contribution >= 4 is 29.1 Å². The van der Waals surface area contributed by atoms with Gasteiger partial charge in [0.25, 0.3) is 0 Å². The number of carbonyl (C=O) groups excluding carboxylic acids is 2. The Hall–Kier alpha value is -2.86. The molecule has 0 atom stereocenters. The molecule has 2 aromatic carbocycles. The van der Waals surface area contributed by atoms with Crippen LogP contribution in [-0.2, 0) is 4.79 Å². The molecule has 0 aliphatic heterocycles. The quantitative estimate of drug-likeness (QED) is 0.527. The minimum atomic E-state index is -0.136. The number of hydrogen-bond donors (Lipinski definition) is 1. The molecule has 0 aliphatic rings. The first-order chi connectivity index (χ1) is 12.5. The molecule has 0 bridgehead atoms. The number of hydrogen-bond acceptors (Lipinski definition) is 4. The van der Waals surface area contributed by atoms with Gasteiger partial charge in [-0.3, -0.25) is 14.2 Å². The summed E-state index contributed by atoms with van der Waals surface area (Å²) in [7, 11) is 0. The Labute approximate surface area is 156 Å². The summed E-state index contributed by atoms with van der Waals surface area (Å²) in [6.07, 6.45) is 3.64. The van der Waals surface area contributed by atoms with E-state index in [0.717, 1.165) is 16.4 Å². The molecule has 3 rings (SSSR count). The topological polar surface area (TPSA) is 64.0 Å². The van der Waals surface area contributed by atoms with Crippen molar-refractivity contribution < 1.29 is 9.59 Å². The van der Waals surface area contributed by atoms with Crippen molar-refractivity contribution in [3.05, 3.63) is 72.1 Å². The number of aromatic nitrogens is 2. The van der Waals surface area contributed by atoms with Gasteiger partial charge < -0.3 is 5.32 Å². The van der Waals surface area contributed by atoms with E-state index < -0.39 is 0 Å². The number of imidazole rings is 1. The molecule has 0 unspecified atom stereocenters. The summed E-state index contributed by atoms with van der Waals surface area (Å²) in [6.45, 7) is 3.50. The lowest BCUT2D eigenvalue weighted by molar-refractivity contribution is -0.114. The largest absolute Gasteiger partial charge is 0.326 e. The summed E-state index contributed by atoms with van der Waals surface area (Å²) in [4.78, 5) is 27.9. The van der Waals surface area contributed by atoms with E-state index in [0.29, 0.717) is 17.0 Å². The lowest BCUT2D eigenvalue weighted by Crippen LogP contribution is -2.07. The van der Waals surface area contributed by atoms with E-state index in [-0.39, 0.29) is 11.7 Å². The molecule has 0 radical (unpaired) electrons. The molecule has 3 aromatic rings. The van der Waals surface area contributed by atoms with Gasteiger partial charge in [-0.05, 0) is 42.8 Å². The third-order valence-electron chi connectivity index (χ3n) is 3.84. The lowest BCUT2D eigenvalue weighted by Gasteiger charge is -2.10. The fourth-order valence-corrected chi connectivity index (χ4v) is 3.43. The Morgan fingerprint density at radius 1 is 1.12 bits per heavy atom. The van der Waals surface area contributed by atoms with Gasteiger partial charge in [0.2, 0.25) is 5.91 Å². The number of ketones is 1. The molecule has 0 fully saturated rings. The van der Waals surface area contributed by atoms with Crippen LogP contribution in [0.25, 0.3) is 5.69 Å². The van der Waals surface area contributed by atoms with Crippen LogP contribution in [0.5, 0.6) is 0 Å². The molecule has 0 saturated carbocycles. The van der Waals surface area contributed by atoms with Gasteiger partial charge >= 0.3 is 0 Å². The van der Waals surface area contributed by atoms with Gasteiger partial charge in [-0.1, -0.05) is 30.0 Å². The second-order valence-electron chi connectivity index (χ2n) is 5.84. The minimum Gasteiger partial charge on any atom is -0.326 e. The predicted octanol–water partition coefficient (Wildman–Crippen LogP) is 4.11. The number of thioether (sulfide) groups is 1. The molecule has 1 heterocycles. The van der Waals surface area contributed by atoms with Crippen LogP contribution in [0, 0.1) is 6.92 Å². The fourth-order valence-electron chi connectivity index (χ4n) is 2.57. The molecule has 1 amide bonds. The Morgan fingerprint density at radius 2 is 1.85 bits per heavy atom. The molecular formula is C20H19N3O2S. The average Bonchev–Trinajstić information content (AvgIpc) is 3.08. The number of carbonyl (C=O) groups is 2. The normalized spacial score (nSPS) is 10.5. The molecular weight excluding hydrogens is 346 g/mol. The average molecular weight is 365 g/mol. The van der Waals surface area contributed by atoms with Gasteiger partial charge in [-0.2, -0.15) is 0 Å². The molecule has 0 aliphatic carbocycles. The Morgan fingerprint density at radius 3 is 2.54 bits per heavy atom. The number of Topliss-reactive ketones (excluding diaryl/α,β-unsaturated/α-hetero) is 1. The first kappa shape index (κ1) is 17.9.